The minimum Gasteiger partial charge on any atom is -0.497 e. The standard InChI is InChI=1S/C27H32N6O2/c1-19-7-6-8-21-15-22(27(34)28-26(19)21)17-32(16-20-11-13-24(35-2)14-12-20)18-25-29-30-31-33(25)23-9-4-3-5-10-23/h6-8,11-15,23H,3-5,9-10,16-18H2,1-2H3,(H,28,34). The molecule has 0 unspecified atom stereocenters. The second-order valence-electron chi connectivity index (χ2n) is 9.49. The molecule has 0 bridgehead atoms. The lowest BCUT2D eigenvalue weighted by Gasteiger charge is -2.25. The number of aromatic nitrogens is 5. The summed E-state index contributed by atoms with van der Waals surface area (Å²) in [5, 5.41) is 13.8. The van der Waals surface area contributed by atoms with E-state index in [1.54, 1.807) is 7.11 Å². The Bertz CT molecular complexity index is 1340. The quantitative estimate of drug-likeness (QED) is 0.405. The van der Waals surface area contributed by atoms with Crippen LogP contribution in [0.3, 0.4) is 0 Å². The Balaban J connectivity index is 1.45. The summed E-state index contributed by atoms with van der Waals surface area (Å²) in [5.74, 6) is 1.67. The van der Waals surface area contributed by atoms with Crippen LogP contribution < -0.4 is 10.3 Å². The fraction of sp³-hybridized carbons (Fsp3) is 0.407. The van der Waals surface area contributed by atoms with Crippen molar-refractivity contribution >= 4 is 10.9 Å². The molecule has 0 atom stereocenters. The van der Waals surface area contributed by atoms with E-state index in [-0.39, 0.29) is 5.56 Å². The van der Waals surface area contributed by atoms with E-state index in [9.17, 15) is 4.79 Å². The number of fused-ring (bicyclic) bond motifs is 1. The summed E-state index contributed by atoms with van der Waals surface area (Å²) in [6.45, 7) is 3.72. The van der Waals surface area contributed by atoms with E-state index < -0.39 is 0 Å². The summed E-state index contributed by atoms with van der Waals surface area (Å²) in [4.78, 5) is 18.4. The highest BCUT2D eigenvalue weighted by Gasteiger charge is 2.22. The highest BCUT2D eigenvalue weighted by molar-refractivity contribution is 5.81. The van der Waals surface area contributed by atoms with Gasteiger partial charge in [-0.25, -0.2) is 4.68 Å². The van der Waals surface area contributed by atoms with E-state index in [4.69, 9.17) is 4.74 Å². The molecule has 35 heavy (non-hydrogen) atoms. The third-order valence-corrected chi connectivity index (χ3v) is 6.97. The molecule has 2 aromatic heterocycles. The zero-order valence-electron chi connectivity index (χ0n) is 20.4. The second kappa shape index (κ2) is 10.4. The van der Waals surface area contributed by atoms with Gasteiger partial charge in [-0.2, -0.15) is 0 Å². The summed E-state index contributed by atoms with van der Waals surface area (Å²) >= 11 is 0. The largest absolute Gasteiger partial charge is 0.497 e. The second-order valence-corrected chi connectivity index (χ2v) is 9.49. The van der Waals surface area contributed by atoms with E-state index in [1.807, 2.05) is 48.0 Å². The average Bonchev–Trinajstić information content (AvgIpc) is 3.34. The maximum absolute atomic E-state index is 13.0. The number of pyridine rings is 1. The molecule has 0 spiro atoms. The lowest BCUT2D eigenvalue weighted by molar-refractivity contribution is 0.225. The topological polar surface area (TPSA) is 88.9 Å². The van der Waals surface area contributed by atoms with E-state index in [0.717, 1.165) is 52.0 Å². The van der Waals surface area contributed by atoms with E-state index in [1.165, 1.54) is 19.3 Å². The zero-order valence-corrected chi connectivity index (χ0v) is 20.4. The highest BCUT2D eigenvalue weighted by Crippen LogP contribution is 2.28. The molecule has 8 nitrogen and oxygen atoms in total. The van der Waals surface area contributed by atoms with Crippen LogP contribution in [-0.4, -0.2) is 37.2 Å². The minimum absolute atomic E-state index is 0.0570. The molecule has 1 aliphatic carbocycles. The Morgan fingerprint density at radius 2 is 1.86 bits per heavy atom. The molecular weight excluding hydrogens is 440 g/mol. The van der Waals surface area contributed by atoms with Crippen molar-refractivity contribution in [1.82, 2.24) is 30.1 Å². The van der Waals surface area contributed by atoms with Crippen molar-refractivity contribution in [1.29, 1.82) is 0 Å². The Morgan fingerprint density at radius 1 is 1.06 bits per heavy atom. The number of hydrogen-bond donors (Lipinski definition) is 1. The van der Waals surface area contributed by atoms with E-state index in [0.29, 0.717) is 25.7 Å². The molecule has 0 aliphatic heterocycles. The van der Waals surface area contributed by atoms with Crippen LogP contribution in [0.1, 0.15) is 60.7 Å². The first-order valence-corrected chi connectivity index (χ1v) is 12.3. The number of aromatic amines is 1. The maximum atomic E-state index is 13.0. The molecule has 1 aliphatic rings. The molecule has 0 amide bonds. The zero-order chi connectivity index (χ0) is 24.2. The van der Waals surface area contributed by atoms with Crippen molar-refractivity contribution in [3.8, 4) is 5.75 Å². The highest BCUT2D eigenvalue weighted by atomic mass is 16.5. The summed E-state index contributed by atoms with van der Waals surface area (Å²) in [7, 11) is 1.67. The number of aryl methyl sites for hydroxylation is 1. The Kier molecular flexibility index (Phi) is 6.90. The Labute approximate surface area is 204 Å². The molecule has 1 fully saturated rings. The van der Waals surface area contributed by atoms with Gasteiger partial charge in [0.1, 0.15) is 5.75 Å². The summed E-state index contributed by atoms with van der Waals surface area (Å²) in [6, 6.07) is 16.5. The van der Waals surface area contributed by atoms with Crippen LogP contribution in [0.4, 0.5) is 0 Å². The van der Waals surface area contributed by atoms with Crippen molar-refractivity contribution in [3.05, 3.63) is 81.4 Å². The van der Waals surface area contributed by atoms with Crippen LogP contribution in [0.25, 0.3) is 10.9 Å². The van der Waals surface area contributed by atoms with Gasteiger partial charge in [0.15, 0.2) is 5.82 Å². The number of rotatable bonds is 8. The van der Waals surface area contributed by atoms with Gasteiger partial charge in [0.25, 0.3) is 5.56 Å². The third-order valence-electron chi connectivity index (χ3n) is 6.97. The molecule has 1 saturated carbocycles. The van der Waals surface area contributed by atoms with Crippen LogP contribution in [0, 0.1) is 6.92 Å². The smallest absolute Gasteiger partial charge is 0.252 e. The number of nitrogens with zero attached hydrogens (tertiary/aromatic N) is 5. The van der Waals surface area contributed by atoms with Gasteiger partial charge in [-0.3, -0.25) is 9.69 Å². The van der Waals surface area contributed by atoms with Crippen LogP contribution in [0.5, 0.6) is 5.75 Å². The van der Waals surface area contributed by atoms with Gasteiger partial charge in [0.05, 0.1) is 25.2 Å². The van der Waals surface area contributed by atoms with Gasteiger partial charge in [0, 0.05) is 18.7 Å². The van der Waals surface area contributed by atoms with Crippen LogP contribution in [0.15, 0.2) is 53.3 Å². The number of nitrogens with one attached hydrogen (secondary N) is 1. The molecule has 182 valence electrons. The molecule has 4 aromatic rings. The van der Waals surface area contributed by atoms with Crippen molar-refractivity contribution in [2.45, 2.75) is 64.7 Å². The summed E-state index contributed by atoms with van der Waals surface area (Å²) in [6.07, 6.45) is 5.93. The number of hydrogen-bond acceptors (Lipinski definition) is 6. The number of H-pyrrole nitrogens is 1. The lowest BCUT2D eigenvalue weighted by Crippen LogP contribution is -2.29. The SMILES string of the molecule is COc1ccc(CN(Cc2cc3cccc(C)c3[nH]c2=O)Cc2nnnn2C2CCCCC2)cc1. The summed E-state index contributed by atoms with van der Waals surface area (Å²) in [5.41, 5.74) is 3.76. The fourth-order valence-electron chi connectivity index (χ4n) is 5.07. The molecular formula is C27H32N6O2. The molecule has 8 heteroatoms. The number of tetrazole rings is 1. The Hall–Kier alpha value is -3.52. The van der Waals surface area contributed by atoms with Crippen LogP contribution >= 0.6 is 0 Å². The monoisotopic (exact) mass is 472 g/mol. The van der Waals surface area contributed by atoms with Gasteiger partial charge >= 0.3 is 0 Å². The molecule has 5 rings (SSSR count). The van der Waals surface area contributed by atoms with Gasteiger partial charge < -0.3 is 9.72 Å². The first-order chi connectivity index (χ1) is 17.1. The predicted octanol–water partition coefficient (Wildman–Crippen LogP) is 4.54. The number of ether oxygens (including phenoxy) is 1. The van der Waals surface area contributed by atoms with Gasteiger partial charge in [-0.05, 0) is 64.9 Å². The molecule has 2 heterocycles. The normalized spacial score (nSPS) is 14.6. The van der Waals surface area contributed by atoms with Crippen molar-refractivity contribution < 1.29 is 4.74 Å². The average molecular weight is 473 g/mol. The predicted molar refractivity (Wildman–Crippen MR) is 135 cm³/mol. The van der Waals surface area contributed by atoms with Gasteiger partial charge in [0.2, 0.25) is 0 Å². The maximum Gasteiger partial charge on any atom is 0.252 e. The number of benzene rings is 2. The van der Waals surface area contributed by atoms with Gasteiger partial charge in [-0.1, -0.05) is 49.6 Å². The van der Waals surface area contributed by atoms with Gasteiger partial charge in [-0.15, -0.1) is 5.10 Å². The first-order valence-electron chi connectivity index (χ1n) is 12.3. The van der Waals surface area contributed by atoms with Crippen LogP contribution in [0.2, 0.25) is 0 Å². The van der Waals surface area contributed by atoms with E-state index >= 15 is 0 Å². The molecule has 0 radical (unpaired) electrons. The number of para-hydroxylation sites is 1. The minimum atomic E-state index is -0.0570. The summed E-state index contributed by atoms with van der Waals surface area (Å²) < 4.78 is 7.32. The van der Waals surface area contributed by atoms with Crippen molar-refractivity contribution in [2.75, 3.05) is 7.11 Å². The fourth-order valence-corrected chi connectivity index (χ4v) is 5.07. The lowest BCUT2D eigenvalue weighted by atomic mass is 9.95. The van der Waals surface area contributed by atoms with E-state index in [2.05, 4.69) is 37.5 Å². The van der Waals surface area contributed by atoms with Crippen molar-refractivity contribution in [3.63, 3.8) is 0 Å². The number of methoxy groups -OCH3 is 1. The Morgan fingerprint density at radius 3 is 2.63 bits per heavy atom. The molecule has 0 saturated heterocycles. The van der Waals surface area contributed by atoms with Crippen molar-refractivity contribution in [2.24, 2.45) is 0 Å². The van der Waals surface area contributed by atoms with Crippen LogP contribution in [-0.2, 0) is 19.6 Å². The third kappa shape index (κ3) is 5.27. The molecule has 2 aromatic carbocycles. The first kappa shape index (κ1) is 23.2. The molecule has 1 N–H and O–H groups in total.